The highest BCUT2D eigenvalue weighted by atomic mass is 79.9. The lowest BCUT2D eigenvalue weighted by atomic mass is 10.1. The lowest BCUT2D eigenvalue weighted by Crippen LogP contribution is -2.33. The van der Waals surface area contributed by atoms with Crippen LogP contribution in [-0.2, 0) is 0 Å². The molecule has 1 aromatic carbocycles. The molecule has 0 aromatic heterocycles. The molecule has 0 heterocycles. The summed E-state index contributed by atoms with van der Waals surface area (Å²) in [5.41, 5.74) is 7.94. The summed E-state index contributed by atoms with van der Waals surface area (Å²) in [6.07, 6.45) is 3.67. The first kappa shape index (κ1) is 16.4. The van der Waals surface area contributed by atoms with Crippen LogP contribution < -0.4 is 10.6 Å². The van der Waals surface area contributed by atoms with Gasteiger partial charge in [0.1, 0.15) is 4.99 Å². The SMILES string of the molecule is CCCCCN(c1cc(Br)ccc1C(N)=S)C(C)C. The number of hydrogen-bond donors (Lipinski definition) is 1. The number of benzene rings is 1. The molecule has 0 saturated carbocycles. The first-order valence-electron chi connectivity index (χ1n) is 6.83. The minimum Gasteiger partial charge on any atom is -0.389 e. The van der Waals surface area contributed by atoms with Crippen molar-refractivity contribution in [3.05, 3.63) is 28.2 Å². The summed E-state index contributed by atoms with van der Waals surface area (Å²) in [6.45, 7) is 7.67. The first-order valence-corrected chi connectivity index (χ1v) is 8.03. The van der Waals surface area contributed by atoms with E-state index >= 15 is 0 Å². The van der Waals surface area contributed by atoms with Gasteiger partial charge in [0.25, 0.3) is 0 Å². The Bertz CT molecular complexity index is 432. The lowest BCUT2D eigenvalue weighted by Gasteiger charge is -2.31. The Morgan fingerprint density at radius 3 is 2.58 bits per heavy atom. The Hall–Kier alpha value is -0.610. The van der Waals surface area contributed by atoms with E-state index in [1.54, 1.807) is 0 Å². The summed E-state index contributed by atoms with van der Waals surface area (Å²) in [4.78, 5) is 2.85. The number of nitrogens with zero attached hydrogens (tertiary/aromatic N) is 1. The molecule has 0 unspecified atom stereocenters. The summed E-state index contributed by atoms with van der Waals surface area (Å²) in [5.74, 6) is 0. The van der Waals surface area contributed by atoms with Crippen molar-refractivity contribution in [2.45, 2.75) is 46.1 Å². The van der Waals surface area contributed by atoms with Gasteiger partial charge in [0.05, 0.1) is 0 Å². The van der Waals surface area contributed by atoms with Crippen LogP contribution in [0.3, 0.4) is 0 Å². The summed E-state index contributed by atoms with van der Waals surface area (Å²) in [6, 6.07) is 6.53. The predicted octanol–water partition coefficient (Wildman–Crippen LogP) is 4.49. The van der Waals surface area contributed by atoms with Gasteiger partial charge in [-0.2, -0.15) is 0 Å². The smallest absolute Gasteiger partial charge is 0.106 e. The molecule has 1 rings (SSSR count). The van der Waals surface area contributed by atoms with Crippen LogP contribution in [0.5, 0.6) is 0 Å². The largest absolute Gasteiger partial charge is 0.389 e. The number of thiocarbonyl (C=S) groups is 1. The molecule has 0 atom stereocenters. The fourth-order valence-electron chi connectivity index (χ4n) is 2.14. The second-order valence-corrected chi connectivity index (χ2v) is 6.38. The molecule has 0 bridgehead atoms. The molecule has 2 nitrogen and oxygen atoms in total. The van der Waals surface area contributed by atoms with Crippen LogP contribution in [0.1, 0.15) is 45.6 Å². The quantitative estimate of drug-likeness (QED) is 0.584. The van der Waals surface area contributed by atoms with Gasteiger partial charge in [0.2, 0.25) is 0 Å². The summed E-state index contributed by atoms with van der Waals surface area (Å²) in [7, 11) is 0. The van der Waals surface area contributed by atoms with Crippen molar-refractivity contribution in [2.75, 3.05) is 11.4 Å². The van der Waals surface area contributed by atoms with Gasteiger partial charge in [0.15, 0.2) is 0 Å². The normalized spacial score (nSPS) is 10.8. The van der Waals surface area contributed by atoms with E-state index in [4.69, 9.17) is 18.0 Å². The molecule has 0 radical (unpaired) electrons. The van der Waals surface area contributed by atoms with E-state index in [1.165, 1.54) is 19.3 Å². The van der Waals surface area contributed by atoms with Crippen molar-refractivity contribution < 1.29 is 0 Å². The van der Waals surface area contributed by atoms with Crippen molar-refractivity contribution in [1.82, 2.24) is 0 Å². The molecule has 0 amide bonds. The van der Waals surface area contributed by atoms with Crippen LogP contribution in [0, 0.1) is 0 Å². The second kappa shape index (κ2) is 7.85. The van der Waals surface area contributed by atoms with Gasteiger partial charge in [-0.1, -0.05) is 47.9 Å². The topological polar surface area (TPSA) is 29.3 Å². The van der Waals surface area contributed by atoms with Gasteiger partial charge in [-0.15, -0.1) is 0 Å². The summed E-state index contributed by atoms with van der Waals surface area (Å²) in [5, 5.41) is 0. The highest BCUT2D eigenvalue weighted by Gasteiger charge is 2.16. The third-order valence-electron chi connectivity index (χ3n) is 3.16. The standard InChI is InChI=1S/C15H23BrN2S/c1-4-5-6-9-18(11(2)3)14-10-12(16)7-8-13(14)15(17)19/h7-8,10-11H,4-6,9H2,1-3H3,(H2,17,19). The lowest BCUT2D eigenvalue weighted by molar-refractivity contribution is 0.625. The van der Waals surface area contributed by atoms with Crippen LogP contribution in [0.4, 0.5) is 5.69 Å². The van der Waals surface area contributed by atoms with Crippen LogP contribution in [0.15, 0.2) is 22.7 Å². The Morgan fingerprint density at radius 1 is 1.37 bits per heavy atom. The van der Waals surface area contributed by atoms with Crippen LogP contribution >= 0.6 is 28.1 Å². The van der Waals surface area contributed by atoms with Gasteiger partial charge in [-0.25, -0.2) is 0 Å². The maximum atomic E-state index is 5.85. The van der Waals surface area contributed by atoms with Gasteiger partial charge < -0.3 is 10.6 Å². The van der Waals surface area contributed by atoms with Crippen molar-refractivity contribution >= 4 is 38.8 Å². The molecule has 0 saturated heterocycles. The molecular formula is C15H23BrN2S. The number of nitrogens with two attached hydrogens (primary N) is 1. The monoisotopic (exact) mass is 342 g/mol. The highest BCUT2D eigenvalue weighted by molar-refractivity contribution is 9.10. The third kappa shape index (κ3) is 4.77. The zero-order valence-electron chi connectivity index (χ0n) is 11.9. The fourth-order valence-corrected chi connectivity index (χ4v) is 2.66. The van der Waals surface area contributed by atoms with Gasteiger partial charge >= 0.3 is 0 Å². The van der Waals surface area contributed by atoms with Crippen molar-refractivity contribution in [3.63, 3.8) is 0 Å². The van der Waals surface area contributed by atoms with Gasteiger partial charge in [-0.3, -0.25) is 0 Å². The molecule has 2 N–H and O–H groups in total. The number of unbranched alkanes of at least 4 members (excludes halogenated alkanes) is 2. The molecule has 0 fully saturated rings. The van der Waals surface area contributed by atoms with Crippen molar-refractivity contribution in [1.29, 1.82) is 0 Å². The van der Waals surface area contributed by atoms with Crippen LogP contribution in [0.2, 0.25) is 0 Å². The number of rotatable bonds is 7. The average Bonchev–Trinajstić information content (AvgIpc) is 2.33. The molecule has 0 aliphatic carbocycles. The molecule has 0 aliphatic rings. The zero-order chi connectivity index (χ0) is 14.4. The van der Waals surface area contributed by atoms with E-state index in [1.807, 2.05) is 12.1 Å². The van der Waals surface area contributed by atoms with E-state index in [0.29, 0.717) is 11.0 Å². The maximum absolute atomic E-state index is 5.85. The minimum atomic E-state index is 0.430. The Labute approximate surface area is 130 Å². The van der Waals surface area contributed by atoms with Crippen molar-refractivity contribution in [3.8, 4) is 0 Å². The van der Waals surface area contributed by atoms with Gasteiger partial charge in [-0.05, 0) is 38.5 Å². The van der Waals surface area contributed by atoms with Gasteiger partial charge in [0, 0.05) is 28.3 Å². The van der Waals surface area contributed by atoms with E-state index in [0.717, 1.165) is 22.3 Å². The number of hydrogen-bond acceptors (Lipinski definition) is 2. The number of anilines is 1. The summed E-state index contributed by atoms with van der Waals surface area (Å²) < 4.78 is 1.06. The van der Waals surface area contributed by atoms with Crippen LogP contribution in [-0.4, -0.2) is 17.6 Å². The van der Waals surface area contributed by atoms with Crippen LogP contribution in [0.25, 0.3) is 0 Å². The van der Waals surface area contributed by atoms with E-state index in [2.05, 4.69) is 47.7 Å². The van der Waals surface area contributed by atoms with E-state index in [-0.39, 0.29) is 0 Å². The zero-order valence-corrected chi connectivity index (χ0v) is 14.4. The average molecular weight is 343 g/mol. The molecule has 0 aliphatic heterocycles. The third-order valence-corrected chi connectivity index (χ3v) is 3.87. The first-order chi connectivity index (χ1) is 8.97. The predicted molar refractivity (Wildman–Crippen MR) is 92.0 cm³/mol. The molecule has 4 heteroatoms. The van der Waals surface area contributed by atoms with E-state index in [9.17, 15) is 0 Å². The molecule has 0 spiro atoms. The van der Waals surface area contributed by atoms with Crippen molar-refractivity contribution in [2.24, 2.45) is 5.73 Å². The Morgan fingerprint density at radius 2 is 2.05 bits per heavy atom. The molecule has 1 aromatic rings. The maximum Gasteiger partial charge on any atom is 0.106 e. The fraction of sp³-hybridized carbons (Fsp3) is 0.533. The summed E-state index contributed by atoms with van der Waals surface area (Å²) >= 11 is 8.70. The molecule has 19 heavy (non-hydrogen) atoms. The number of halogens is 1. The highest BCUT2D eigenvalue weighted by Crippen LogP contribution is 2.27. The second-order valence-electron chi connectivity index (χ2n) is 5.02. The Balaban J connectivity index is 3.06. The van der Waals surface area contributed by atoms with E-state index < -0.39 is 0 Å². The Kier molecular flexibility index (Phi) is 6.80. The minimum absolute atomic E-state index is 0.430. The molecule has 106 valence electrons. The molecular weight excluding hydrogens is 320 g/mol.